The highest BCUT2D eigenvalue weighted by atomic mass is 16.5. The van der Waals surface area contributed by atoms with E-state index in [0.717, 1.165) is 0 Å². The van der Waals surface area contributed by atoms with Gasteiger partial charge in [-0.05, 0) is 19.1 Å². The van der Waals surface area contributed by atoms with Crippen molar-refractivity contribution in [1.29, 1.82) is 0 Å². The van der Waals surface area contributed by atoms with Crippen LogP contribution in [-0.2, 0) is 0 Å². The second kappa shape index (κ2) is 6.70. The first-order chi connectivity index (χ1) is 8.15. The number of aliphatic hydroxyl groups excluding tert-OH is 1. The van der Waals surface area contributed by atoms with Crippen molar-refractivity contribution < 1.29 is 14.6 Å². The van der Waals surface area contributed by atoms with Crippen molar-refractivity contribution in [2.45, 2.75) is 13.0 Å². The molecular formula is C13H17NO3. The molecule has 1 atom stereocenters. The number of ether oxygens (including phenoxy) is 1. The minimum Gasteiger partial charge on any atom is -0.489 e. The fourth-order valence-corrected chi connectivity index (χ4v) is 1.26. The number of carbonyl (C=O) groups excluding carboxylic acids is 1. The lowest BCUT2D eigenvalue weighted by Gasteiger charge is -2.11. The largest absolute Gasteiger partial charge is 0.489 e. The minimum atomic E-state index is -0.569. The summed E-state index contributed by atoms with van der Waals surface area (Å²) in [4.78, 5) is 11.8. The van der Waals surface area contributed by atoms with E-state index in [4.69, 9.17) is 9.84 Å². The summed E-state index contributed by atoms with van der Waals surface area (Å²) in [6.07, 6.45) is 1.05. The molecule has 1 unspecified atom stereocenters. The Morgan fingerprint density at radius 2 is 2.29 bits per heavy atom. The third-order valence-electron chi connectivity index (χ3n) is 2.05. The Balaban J connectivity index is 2.74. The molecule has 0 aliphatic rings. The Morgan fingerprint density at radius 1 is 1.59 bits per heavy atom. The number of nitrogens with one attached hydrogen (secondary N) is 1. The molecule has 1 rings (SSSR count). The fourth-order valence-electron chi connectivity index (χ4n) is 1.26. The van der Waals surface area contributed by atoms with Crippen LogP contribution in [0.3, 0.4) is 0 Å². The van der Waals surface area contributed by atoms with Crippen LogP contribution in [0.1, 0.15) is 17.3 Å². The van der Waals surface area contributed by atoms with Gasteiger partial charge in [-0.3, -0.25) is 4.79 Å². The van der Waals surface area contributed by atoms with Crippen molar-refractivity contribution >= 4 is 5.91 Å². The van der Waals surface area contributed by atoms with Crippen LogP contribution >= 0.6 is 0 Å². The maximum absolute atomic E-state index is 11.8. The first kappa shape index (κ1) is 13.3. The Kier molecular flexibility index (Phi) is 5.23. The zero-order chi connectivity index (χ0) is 12.7. The fraction of sp³-hybridized carbons (Fsp3) is 0.308. The summed E-state index contributed by atoms with van der Waals surface area (Å²) >= 11 is 0. The van der Waals surface area contributed by atoms with E-state index in [1.54, 1.807) is 37.3 Å². The van der Waals surface area contributed by atoms with Gasteiger partial charge in [0.2, 0.25) is 0 Å². The maximum Gasteiger partial charge on any atom is 0.255 e. The predicted molar refractivity (Wildman–Crippen MR) is 66.1 cm³/mol. The second-order valence-electron chi connectivity index (χ2n) is 3.65. The molecule has 0 aliphatic heterocycles. The van der Waals surface area contributed by atoms with E-state index in [2.05, 4.69) is 11.9 Å². The molecule has 2 N–H and O–H groups in total. The minimum absolute atomic E-state index is 0.217. The Morgan fingerprint density at radius 3 is 2.94 bits per heavy atom. The van der Waals surface area contributed by atoms with Gasteiger partial charge in [-0.1, -0.05) is 24.8 Å². The normalized spacial score (nSPS) is 11.6. The van der Waals surface area contributed by atoms with E-state index in [-0.39, 0.29) is 12.5 Å². The van der Waals surface area contributed by atoms with Crippen LogP contribution in [0.5, 0.6) is 5.75 Å². The van der Waals surface area contributed by atoms with E-state index in [1.165, 1.54) is 0 Å². The van der Waals surface area contributed by atoms with E-state index in [9.17, 15) is 4.79 Å². The molecule has 4 heteroatoms. The first-order valence-corrected chi connectivity index (χ1v) is 5.44. The summed E-state index contributed by atoms with van der Waals surface area (Å²) in [6, 6.07) is 6.96. The van der Waals surface area contributed by atoms with Crippen LogP contribution in [0.25, 0.3) is 0 Å². The lowest BCUT2D eigenvalue weighted by molar-refractivity contribution is 0.0920. The number of amides is 1. The highest BCUT2D eigenvalue weighted by Crippen LogP contribution is 2.17. The van der Waals surface area contributed by atoms with Crippen LogP contribution in [-0.4, -0.2) is 30.3 Å². The van der Waals surface area contributed by atoms with Gasteiger partial charge >= 0.3 is 0 Å². The Bertz CT molecular complexity index is 388. The zero-order valence-corrected chi connectivity index (χ0v) is 9.85. The molecule has 0 saturated heterocycles. The smallest absolute Gasteiger partial charge is 0.255 e. The zero-order valence-electron chi connectivity index (χ0n) is 9.85. The van der Waals surface area contributed by atoms with Gasteiger partial charge < -0.3 is 15.2 Å². The number of rotatable bonds is 6. The topological polar surface area (TPSA) is 58.6 Å². The van der Waals surface area contributed by atoms with Crippen molar-refractivity contribution in [2.24, 2.45) is 0 Å². The van der Waals surface area contributed by atoms with Gasteiger partial charge in [0.05, 0.1) is 11.7 Å². The van der Waals surface area contributed by atoms with Gasteiger partial charge in [0, 0.05) is 6.54 Å². The van der Waals surface area contributed by atoms with Gasteiger partial charge in [0.25, 0.3) is 5.91 Å². The van der Waals surface area contributed by atoms with E-state index >= 15 is 0 Å². The average Bonchev–Trinajstić information content (AvgIpc) is 2.33. The average molecular weight is 235 g/mol. The predicted octanol–water partition coefficient (Wildman–Crippen LogP) is 1.36. The van der Waals surface area contributed by atoms with Gasteiger partial charge in [-0.15, -0.1) is 0 Å². The van der Waals surface area contributed by atoms with Crippen LogP contribution < -0.4 is 10.1 Å². The Labute approximate surface area is 101 Å². The standard InChI is InChI=1S/C13H17NO3/c1-3-8-17-12-7-5-4-6-11(12)13(16)14-9-10(2)15/h3-7,10,15H,1,8-9H2,2H3,(H,14,16). The number of carbonyl (C=O) groups is 1. The van der Waals surface area contributed by atoms with Gasteiger partial charge in [0.1, 0.15) is 12.4 Å². The van der Waals surface area contributed by atoms with Gasteiger partial charge in [0.15, 0.2) is 0 Å². The summed E-state index contributed by atoms with van der Waals surface area (Å²) in [5, 5.41) is 11.7. The number of benzene rings is 1. The van der Waals surface area contributed by atoms with E-state index in [1.807, 2.05) is 0 Å². The molecule has 0 saturated carbocycles. The summed E-state index contributed by atoms with van der Waals surface area (Å²) in [7, 11) is 0. The molecule has 1 aromatic carbocycles. The van der Waals surface area contributed by atoms with Gasteiger partial charge in [-0.2, -0.15) is 0 Å². The van der Waals surface area contributed by atoms with Crippen molar-refractivity contribution in [3.05, 3.63) is 42.5 Å². The van der Waals surface area contributed by atoms with Crippen molar-refractivity contribution in [3.8, 4) is 5.75 Å². The molecule has 0 radical (unpaired) electrons. The van der Waals surface area contributed by atoms with Crippen LogP contribution in [0.2, 0.25) is 0 Å². The van der Waals surface area contributed by atoms with Crippen LogP contribution in [0.15, 0.2) is 36.9 Å². The second-order valence-corrected chi connectivity index (χ2v) is 3.65. The SMILES string of the molecule is C=CCOc1ccccc1C(=O)NCC(C)O. The summed E-state index contributed by atoms with van der Waals surface area (Å²) in [5.41, 5.74) is 0.454. The first-order valence-electron chi connectivity index (χ1n) is 5.44. The third kappa shape index (κ3) is 4.28. The highest BCUT2D eigenvalue weighted by Gasteiger charge is 2.11. The molecule has 0 aromatic heterocycles. The van der Waals surface area contributed by atoms with Gasteiger partial charge in [-0.25, -0.2) is 0 Å². The van der Waals surface area contributed by atoms with E-state index < -0.39 is 6.10 Å². The van der Waals surface area contributed by atoms with Crippen LogP contribution in [0, 0.1) is 0 Å². The molecule has 0 heterocycles. The molecule has 1 amide bonds. The molecule has 0 aliphatic carbocycles. The molecule has 0 spiro atoms. The highest BCUT2D eigenvalue weighted by molar-refractivity contribution is 5.96. The van der Waals surface area contributed by atoms with E-state index in [0.29, 0.717) is 17.9 Å². The molecule has 4 nitrogen and oxygen atoms in total. The molecule has 92 valence electrons. The van der Waals surface area contributed by atoms with Crippen molar-refractivity contribution in [3.63, 3.8) is 0 Å². The molecule has 1 aromatic rings. The maximum atomic E-state index is 11.8. The lowest BCUT2D eigenvalue weighted by atomic mass is 10.2. The third-order valence-corrected chi connectivity index (χ3v) is 2.05. The summed E-state index contributed by atoms with van der Waals surface area (Å²) in [6.45, 7) is 5.73. The monoisotopic (exact) mass is 235 g/mol. The number of hydrogen-bond acceptors (Lipinski definition) is 3. The molecule has 0 fully saturated rings. The summed E-state index contributed by atoms with van der Waals surface area (Å²) in [5.74, 6) is 0.251. The number of para-hydroxylation sites is 1. The lowest BCUT2D eigenvalue weighted by Crippen LogP contribution is -2.30. The van der Waals surface area contributed by atoms with Crippen LogP contribution in [0.4, 0.5) is 0 Å². The molecule has 17 heavy (non-hydrogen) atoms. The Hall–Kier alpha value is -1.81. The molecular weight excluding hydrogens is 218 g/mol. The van der Waals surface area contributed by atoms with Crippen molar-refractivity contribution in [2.75, 3.05) is 13.2 Å². The quantitative estimate of drug-likeness (QED) is 0.732. The van der Waals surface area contributed by atoms with Crippen molar-refractivity contribution in [1.82, 2.24) is 5.32 Å². The number of hydrogen-bond donors (Lipinski definition) is 2. The summed E-state index contributed by atoms with van der Waals surface area (Å²) < 4.78 is 5.37. The molecule has 0 bridgehead atoms. The number of aliphatic hydroxyl groups is 1.